The Morgan fingerprint density at radius 3 is 1.94 bits per heavy atom. The molecule has 4 heteroatoms. The van der Waals surface area contributed by atoms with E-state index in [0.717, 1.165) is 5.75 Å². The Bertz CT molecular complexity index is 428. The molecule has 0 spiro atoms. The van der Waals surface area contributed by atoms with Gasteiger partial charge in [-0.2, -0.15) is 0 Å². The van der Waals surface area contributed by atoms with E-state index in [1.165, 1.54) is 0 Å². The summed E-state index contributed by atoms with van der Waals surface area (Å²) in [4.78, 5) is 0. The number of benzene rings is 2. The Labute approximate surface area is 101 Å². The topological polar surface area (TPSA) is 38.7 Å². The number of phenols is 1. The van der Waals surface area contributed by atoms with Crippen LogP contribution in [0.1, 0.15) is 0 Å². The summed E-state index contributed by atoms with van der Waals surface area (Å²) in [5.74, 6) is 1.74. The Morgan fingerprint density at radius 2 is 1.31 bits per heavy atom. The number of rotatable bonds is 4. The van der Waals surface area contributed by atoms with Crippen molar-refractivity contribution in [2.45, 2.75) is 0 Å². The van der Waals surface area contributed by atoms with E-state index >= 15 is 0 Å². The minimum absolute atomic E-state index is 0.229. The van der Waals surface area contributed by atoms with Crippen LogP contribution in [0.4, 0.5) is 0 Å². The molecule has 16 heavy (non-hydrogen) atoms. The molecule has 0 aliphatic rings. The van der Waals surface area contributed by atoms with Gasteiger partial charge < -0.3 is 0 Å². The quantitative estimate of drug-likeness (QED) is 0.872. The fourth-order valence-corrected chi connectivity index (χ4v) is 2.04. The van der Waals surface area contributed by atoms with Crippen molar-refractivity contribution >= 4 is 16.4 Å². The number of para-hydroxylation sites is 1. The molecule has 0 fully saturated rings. The van der Waals surface area contributed by atoms with E-state index in [-0.39, 0.29) is 5.75 Å². The summed E-state index contributed by atoms with van der Waals surface area (Å²) in [6.45, 7) is 0. The molecule has 0 aliphatic heterocycles. The number of hydrogen-bond donors (Lipinski definition) is 1. The molecule has 0 heterocycles. The van der Waals surface area contributed by atoms with Gasteiger partial charge in [0.1, 0.15) is 0 Å². The van der Waals surface area contributed by atoms with Crippen molar-refractivity contribution < 1.29 is 12.6 Å². The van der Waals surface area contributed by atoms with Crippen molar-refractivity contribution in [1.29, 1.82) is 0 Å². The Morgan fingerprint density at radius 1 is 0.750 bits per heavy atom. The summed E-state index contributed by atoms with van der Waals surface area (Å²) in [6.07, 6.45) is 0. The molecule has 0 unspecified atom stereocenters. The van der Waals surface area contributed by atoms with E-state index in [2.05, 4.69) is 0 Å². The zero-order valence-electron chi connectivity index (χ0n) is 8.41. The first-order valence-electron chi connectivity index (χ1n) is 4.73. The van der Waals surface area contributed by atoms with Gasteiger partial charge in [0.05, 0.1) is 0 Å². The predicted octanol–water partition coefficient (Wildman–Crippen LogP) is 2.38. The SMILES string of the molecule is Oc1ccc(O[As]Oc2ccccc2)cc1. The Hall–Kier alpha value is -1.60. The third kappa shape index (κ3) is 3.21. The molecule has 2 aromatic rings. The number of phenolic OH excluding ortho intramolecular Hbond substituents is 1. The molecule has 3 nitrogen and oxygen atoms in total. The molecule has 0 bridgehead atoms. The van der Waals surface area contributed by atoms with Crippen LogP contribution >= 0.6 is 0 Å². The van der Waals surface area contributed by atoms with Gasteiger partial charge in [-0.05, 0) is 0 Å². The first kappa shape index (κ1) is 10.9. The standard InChI is InChI=1S/C12H10AsO3/c14-10-6-8-12(9-7-10)16-13-15-11-4-2-1-3-5-11/h1-9,14H. The molecule has 0 saturated carbocycles. The third-order valence-corrected chi connectivity index (χ3v) is 3.06. The molecule has 2 rings (SSSR count). The molecule has 0 saturated heterocycles. The van der Waals surface area contributed by atoms with Gasteiger partial charge in [-0.1, -0.05) is 0 Å². The average Bonchev–Trinajstić information content (AvgIpc) is 2.33. The predicted molar refractivity (Wildman–Crippen MR) is 61.6 cm³/mol. The average molecular weight is 277 g/mol. The van der Waals surface area contributed by atoms with Gasteiger partial charge in [0.25, 0.3) is 0 Å². The summed E-state index contributed by atoms with van der Waals surface area (Å²) in [7, 11) is 0. The summed E-state index contributed by atoms with van der Waals surface area (Å²) < 4.78 is 10.9. The monoisotopic (exact) mass is 277 g/mol. The number of aromatic hydroxyl groups is 1. The van der Waals surface area contributed by atoms with Crippen molar-refractivity contribution in [3.8, 4) is 17.2 Å². The molecule has 0 aliphatic carbocycles. The van der Waals surface area contributed by atoms with Crippen molar-refractivity contribution in [2.24, 2.45) is 0 Å². The zero-order valence-corrected chi connectivity index (χ0v) is 10.3. The summed E-state index contributed by atoms with van der Waals surface area (Å²) in [5, 5.41) is 9.08. The summed E-state index contributed by atoms with van der Waals surface area (Å²) >= 11 is -0.680. The van der Waals surface area contributed by atoms with Gasteiger partial charge in [0, 0.05) is 0 Å². The normalized spacial score (nSPS) is 10.5. The van der Waals surface area contributed by atoms with Crippen LogP contribution in [0.5, 0.6) is 17.2 Å². The molecule has 0 atom stereocenters. The van der Waals surface area contributed by atoms with E-state index in [1.807, 2.05) is 30.3 Å². The molecule has 0 amide bonds. The first-order valence-corrected chi connectivity index (χ1v) is 6.26. The third-order valence-electron chi connectivity index (χ3n) is 1.87. The zero-order chi connectivity index (χ0) is 11.2. The molecule has 2 aromatic carbocycles. The van der Waals surface area contributed by atoms with Gasteiger partial charge in [-0.25, -0.2) is 0 Å². The maximum atomic E-state index is 9.08. The van der Waals surface area contributed by atoms with Gasteiger partial charge in [-0.3, -0.25) is 0 Å². The minimum atomic E-state index is -0.680. The number of hydrogen-bond acceptors (Lipinski definition) is 3. The Kier molecular flexibility index (Phi) is 3.73. The van der Waals surface area contributed by atoms with Crippen LogP contribution < -0.4 is 7.45 Å². The second-order valence-corrected chi connectivity index (χ2v) is 4.14. The van der Waals surface area contributed by atoms with Crippen LogP contribution in [0, 0.1) is 0 Å². The van der Waals surface area contributed by atoms with Gasteiger partial charge in [0.2, 0.25) is 0 Å². The second kappa shape index (κ2) is 5.47. The van der Waals surface area contributed by atoms with E-state index in [1.54, 1.807) is 24.3 Å². The molecule has 1 N–H and O–H groups in total. The molecule has 81 valence electrons. The second-order valence-electron chi connectivity index (χ2n) is 3.06. The summed E-state index contributed by atoms with van der Waals surface area (Å²) in [6, 6.07) is 16.1. The van der Waals surface area contributed by atoms with Gasteiger partial charge >= 0.3 is 101 Å². The van der Waals surface area contributed by atoms with Crippen LogP contribution in [0.25, 0.3) is 0 Å². The molecule has 0 aromatic heterocycles. The molecule has 1 radical (unpaired) electrons. The Balaban J connectivity index is 1.82. The fraction of sp³-hybridized carbons (Fsp3) is 0. The van der Waals surface area contributed by atoms with Crippen LogP contribution in [0.15, 0.2) is 54.6 Å². The van der Waals surface area contributed by atoms with Crippen LogP contribution in [-0.4, -0.2) is 21.5 Å². The molecular formula is C12H10AsO3. The van der Waals surface area contributed by atoms with Crippen molar-refractivity contribution in [1.82, 2.24) is 0 Å². The summed E-state index contributed by atoms with van der Waals surface area (Å²) in [5.41, 5.74) is 0. The van der Waals surface area contributed by atoms with Crippen molar-refractivity contribution in [2.75, 3.05) is 0 Å². The van der Waals surface area contributed by atoms with Crippen LogP contribution in [-0.2, 0) is 0 Å². The van der Waals surface area contributed by atoms with Gasteiger partial charge in [-0.15, -0.1) is 0 Å². The van der Waals surface area contributed by atoms with Crippen molar-refractivity contribution in [3.05, 3.63) is 54.6 Å². The van der Waals surface area contributed by atoms with Crippen LogP contribution in [0.2, 0.25) is 0 Å². The van der Waals surface area contributed by atoms with Gasteiger partial charge in [0.15, 0.2) is 0 Å². The van der Waals surface area contributed by atoms with E-state index in [9.17, 15) is 0 Å². The first-order chi connectivity index (χ1) is 7.84. The van der Waals surface area contributed by atoms with Crippen LogP contribution in [0.3, 0.4) is 0 Å². The van der Waals surface area contributed by atoms with Crippen molar-refractivity contribution in [3.63, 3.8) is 0 Å². The fourth-order valence-electron chi connectivity index (χ4n) is 1.09. The molecular weight excluding hydrogens is 267 g/mol. The van der Waals surface area contributed by atoms with E-state index in [0.29, 0.717) is 5.75 Å². The van der Waals surface area contributed by atoms with E-state index in [4.69, 9.17) is 12.6 Å². The maximum absolute atomic E-state index is 9.08. The van der Waals surface area contributed by atoms with E-state index < -0.39 is 16.4 Å².